The van der Waals surface area contributed by atoms with E-state index in [1.807, 2.05) is 25.1 Å². The van der Waals surface area contributed by atoms with Gasteiger partial charge in [0.15, 0.2) is 5.96 Å². The molecular formula is C17H25ClN4O. The number of carbonyl (C=O) groups is 1. The second-order valence-corrected chi connectivity index (χ2v) is 6.62. The number of guanidine groups is 1. The number of amides is 1. The molecule has 0 bridgehead atoms. The van der Waals surface area contributed by atoms with Gasteiger partial charge in [-0.25, -0.2) is 0 Å². The number of hydrogen-bond acceptors (Lipinski definition) is 2. The van der Waals surface area contributed by atoms with Gasteiger partial charge in [-0.15, -0.1) is 0 Å². The number of halogens is 1. The first-order valence-electron chi connectivity index (χ1n) is 8.06. The molecule has 0 spiro atoms. The Bertz CT molecular complexity index is 588. The van der Waals surface area contributed by atoms with Gasteiger partial charge >= 0.3 is 0 Å². The number of piperidine rings is 1. The summed E-state index contributed by atoms with van der Waals surface area (Å²) in [4.78, 5) is 18.4. The third-order valence-corrected chi connectivity index (χ3v) is 4.31. The van der Waals surface area contributed by atoms with Gasteiger partial charge in [0.25, 0.3) is 0 Å². The molecule has 1 atom stereocenters. The van der Waals surface area contributed by atoms with E-state index < -0.39 is 0 Å². The highest BCUT2D eigenvalue weighted by Crippen LogP contribution is 2.22. The van der Waals surface area contributed by atoms with Gasteiger partial charge in [0, 0.05) is 19.5 Å². The van der Waals surface area contributed by atoms with Crippen molar-refractivity contribution in [3.05, 3.63) is 28.8 Å². The lowest BCUT2D eigenvalue weighted by molar-refractivity contribution is -0.116. The maximum absolute atomic E-state index is 12.0. The number of carbonyl (C=O) groups excluding carboxylic acids is 1. The number of aryl methyl sites for hydroxylation is 1. The number of rotatable bonds is 4. The van der Waals surface area contributed by atoms with Crippen LogP contribution in [0.3, 0.4) is 0 Å². The van der Waals surface area contributed by atoms with Crippen LogP contribution in [-0.4, -0.2) is 36.4 Å². The van der Waals surface area contributed by atoms with Crippen LogP contribution in [0.5, 0.6) is 0 Å². The van der Waals surface area contributed by atoms with E-state index in [-0.39, 0.29) is 12.3 Å². The number of benzene rings is 1. The third kappa shape index (κ3) is 5.43. The highest BCUT2D eigenvalue weighted by atomic mass is 35.5. The Labute approximate surface area is 142 Å². The number of nitrogens with two attached hydrogens (primary N) is 1. The number of hydrogen-bond donors (Lipinski definition) is 2. The SMILES string of the molecule is Cc1ccc(NC(=O)CCN=C(N)N2CCCC(C)C2)c(Cl)c1. The lowest BCUT2D eigenvalue weighted by Gasteiger charge is -2.31. The quantitative estimate of drug-likeness (QED) is 0.656. The molecule has 1 unspecified atom stereocenters. The van der Waals surface area contributed by atoms with Crippen LogP contribution in [0.4, 0.5) is 5.69 Å². The first kappa shape index (κ1) is 17.6. The molecule has 0 aliphatic carbocycles. The molecule has 3 N–H and O–H groups in total. The van der Waals surface area contributed by atoms with Gasteiger partial charge in [-0.2, -0.15) is 0 Å². The molecule has 1 saturated heterocycles. The topological polar surface area (TPSA) is 70.7 Å². The Morgan fingerprint density at radius 2 is 2.30 bits per heavy atom. The van der Waals surface area contributed by atoms with Gasteiger partial charge in [-0.05, 0) is 43.4 Å². The number of anilines is 1. The molecule has 5 nitrogen and oxygen atoms in total. The van der Waals surface area contributed by atoms with Crippen molar-refractivity contribution >= 4 is 29.2 Å². The largest absolute Gasteiger partial charge is 0.370 e. The Kier molecular flexibility index (Phi) is 6.28. The lowest BCUT2D eigenvalue weighted by atomic mass is 10.0. The number of likely N-dealkylation sites (tertiary alicyclic amines) is 1. The fourth-order valence-electron chi connectivity index (χ4n) is 2.70. The van der Waals surface area contributed by atoms with Crippen LogP contribution in [0.15, 0.2) is 23.2 Å². The van der Waals surface area contributed by atoms with Crippen LogP contribution in [0.2, 0.25) is 5.02 Å². The van der Waals surface area contributed by atoms with Crippen LogP contribution >= 0.6 is 11.6 Å². The maximum atomic E-state index is 12.0. The van der Waals surface area contributed by atoms with Crippen LogP contribution in [0.25, 0.3) is 0 Å². The van der Waals surface area contributed by atoms with E-state index in [4.69, 9.17) is 17.3 Å². The third-order valence-electron chi connectivity index (χ3n) is 3.99. The molecule has 0 radical (unpaired) electrons. The van der Waals surface area contributed by atoms with Crippen molar-refractivity contribution in [1.82, 2.24) is 4.90 Å². The van der Waals surface area contributed by atoms with Crippen molar-refractivity contribution in [1.29, 1.82) is 0 Å². The second-order valence-electron chi connectivity index (χ2n) is 6.21. The number of nitrogens with one attached hydrogen (secondary N) is 1. The van der Waals surface area contributed by atoms with Gasteiger partial charge in [0.05, 0.1) is 17.3 Å². The second kappa shape index (κ2) is 8.20. The van der Waals surface area contributed by atoms with E-state index in [0.29, 0.717) is 29.1 Å². The van der Waals surface area contributed by atoms with E-state index in [1.165, 1.54) is 6.42 Å². The van der Waals surface area contributed by atoms with Gasteiger partial charge in [-0.1, -0.05) is 24.6 Å². The highest BCUT2D eigenvalue weighted by Gasteiger charge is 2.17. The minimum atomic E-state index is -0.112. The standard InChI is InChI=1S/C17H25ClN4O/c1-12-5-6-15(14(18)10-12)21-16(23)7-8-20-17(19)22-9-3-4-13(2)11-22/h5-6,10,13H,3-4,7-9,11H2,1-2H3,(H2,19,20)(H,21,23). The van der Waals surface area contributed by atoms with E-state index in [2.05, 4.69) is 22.1 Å². The average Bonchev–Trinajstić information content (AvgIpc) is 2.50. The number of nitrogens with zero attached hydrogens (tertiary/aromatic N) is 2. The summed E-state index contributed by atoms with van der Waals surface area (Å²) in [6, 6.07) is 5.54. The Balaban J connectivity index is 1.80. The molecule has 1 heterocycles. The first-order chi connectivity index (χ1) is 11.0. The molecule has 1 aliphatic heterocycles. The number of aliphatic imine (C=N–C) groups is 1. The molecule has 0 aromatic heterocycles. The van der Waals surface area contributed by atoms with Crippen molar-refractivity contribution in [2.24, 2.45) is 16.6 Å². The van der Waals surface area contributed by atoms with Crippen molar-refractivity contribution < 1.29 is 4.79 Å². The van der Waals surface area contributed by atoms with Crippen molar-refractivity contribution in [3.63, 3.8) is 0 Å². The van der Waals surface area contributed by atoms with E-state index in [0.717, 1.165) is 25.1 Å². The maximum Gasteiger partial charge on any atom is 0.226 e. The zero-order valence-corrected chi connectivity index (χ0v) is 14.6. The summed E-state index contributed by atoms with van der Waals surface area (Å²) >= 11 is 6.10. The summed E-state index contributed by atoms with van der Waals surface area (Å²) in [6.45, 7) is 6.45. The van der Waals surface area contributed by atoms with Crippen LogP contribution in [0.1, 0.15) is 31.7 Å². The van der Waals surface area contributed by atoms with Gasteiger partial charge in [-0.3, -0.25) is 9.79 Å². The Morgan fingerprint density at radius 3 is 3.00 bits per heavy atom. The Morgan fingerprint density at radius 1 is 1.52 bits per heavy atom. The molecule has 0 saturated carbocycles. The summed E-state index contributed by atoms with van der Waals surface area (Å²) < 4.78 is 0. The minimum Gasteiger partial charge on any atom is -0.370 e. The predicted octanol–water partition coefficient (Wildman–Crippen LogP) is 3.02. The van der Waals surface area contributed by atoms with E-state index >= 15 is 0 Å². The minimum absolute atomic E-state index is 0.112. The zero-order valence-electron chi connectivity index (χ0n) is 13.8. The summed E-state index contributed by atoms with van der Waals surface area (Å²) in [5.74, 6) is 1.07. The van der Waals surface area contributed by atoms with Crippen LogP contribution < -0.4 is 11.1 Å². The molecular weight excluding hydrogens is 312 g/mol. The molecule has 23 heavy (non-hydrogen) atoms. The summed E-state index contributed by atoms with van der Waals surface area (Å²) in [5.41, 5.74) is 7.70. The van der Waals surface area contributed by atoms with Crippen molar-refractivity contribution in [3.8, 4) is 0 Å². The smallest absolute Gasteiger partial charge is 0.226 e. The summed E-state index contributed by atoms with van der Waals surface area (Å²) in [7, 11) is 0. The van der Waals surface area contributed by atoms with Crippen molar-refractivity contribution in [2.45, 2.75) is 33.1 Å². The van der Waals surface area contributed by atoms with E-state index in [1.54, 1.807) is 0 Å². The average molecular weight is 337 g/mol. The normalized spacial score (nSPS) is 18.8. The molecule has 6 heteroatoms. The molecule has 1 amide bonds. The van der Waals surface area contributed by atoms with Gasteiger partial charge < -0.3 is 16.0 Å². The molecule has 126 valence electrons. The lowest BCUT2D eigenvalue weighted by Crippen LogP contribution is -2.43. The Hall–Kier alpha value is -1.75. The molecule has 1 aromatic rings. The summed E-state index contributed by atoms with van der Waals surface area (Å²) in [6.07, 6.45) is 2.67. The van der Waals surface area contributed by atoms with Crippen molar-refractivity contribution in [2.75, 3.05) is 25.0 Å². The van der Waals surface area contributed by atoms with Gasteiger partial charge in [0.2, 0.25) is 5.91 Å². The van der Waals surface area contributed by atoms with Crippen LogP contribution in [0, 0.1) is 12.8 Å². The van der Waals surface area contributed by atoms with E-state index in [9.17, 15) is 4.79 Å². The molecule has 1 aliphatic rings. The zero-order chi connectivity index (χ0) is 16.8. The fraction of sp³-hybridized carbons (Fsp3) is 0.529. The summed E-state index contributed by atoms with van der Waals surface area (Å²) in [5, 5.41) is 3.35. The molecule has 1 aromatic carbocycles. The molecule has 2 rings (SSSR count). The molecule has 1 fully saturated rings. The highest BCUT2D eigenvalue weighted by molar-refractivity contribution is 6.33. The predicted molar refractivity (Wildman–Crippen MR) is 95.9 cm³/mol. The fourth-order valence-corrected chi connectivity index (χ4v) is 2.99. The first-order valence-corrected chi connectivity index (χ1v) is 8.44. The van der Waals surface area contributed by atoms with Crippen LogP contribution in [-0.2, 0) is 4.79 Å². The van der Waals surface area contributed by atoms with Gasteiger partial charge in [0.1, 0.15) is 0 Å². The monoisotopic (exact) mass is 336 g/mol.